The molecule has 2 aromatic rings. The van der Waals surface area contributed by atoms with Crippen molar-refractivity contribution in [3.05, 3.63) is 47.2 Å². The predicted octanol–water partition coefficient (Wildman–Crippen LogP) is 2.29. The lowest BCUT2D eigenvalue weighted by Gasteiger charge is -2.47. The molecule has 10 nitrogen and oxygen atoms in total. The maximum Gasteiger partial charge on any atom is 0.407 e. The van der Waals surface area contributed by atoms with Gasteiger partial charge in [0.1, 0.15) is 12.4 Å². The van der Waals surface area contributed by atoms with Gasteiger partial charge in [0, 0.05) is 31.2 Å². The van der Waals surface area contributed by atoms with E-state index in [0.717, 1.165) is 55.0 Å². The number of anilines is 1. The number of carboxylic acid groups (broad SMARTS) is 1. The lowest BCUT2D eigenvalue weighted by Crippen LogP contribution is -2.62. The predicted molar refractivity (Wildman–Crippen MR) is 139 cm³/mol. The van der Waals surface area contributed by atoms with E-state index < -0.39 is 6.09 Å². The van der Waals surface area contributed by atoms with E-state index in [9.17, 15) is 15.2 Å². The van der Waals surface area contributed by atoms with Gasteiger partial charge in [-0.05, 0) is 51.4 Å². The van der Waals surface area contributed by atoms with Crippen LogP contribution in [0.5, 0.6) is 6.01 Å². The largest absolute Gasteiger partial charge is 0.465 e. The lowest BCUT2D eigenvalue weighted by molar-refractivity contribution is 0.103. The van der Waals surface area contributed by atoms with Gasteiger partial charge in [-0.1, -0.05) is 30.3 Å². The maximum absolute atomic E-state index is 12.2. The molecule has 3 aliphatic rings. The second kappa shape index (κ2) is 11.3. The first-order chi connectivity index (χ1) is 18.0. The molecular weight excluding hydrogens is 470 g/mol. The van der Waals surface area contributed by atoms with E-state index in [1.54, 1.807) is 0 Å². The van der Waals surface area contributed by atoms with Crippen LogP contribution in [0.15, 0.2) is 30.3 Å². The van der Waals surface area contributed by atoms with Gasteiger partial charge in [-0.2, -0.15) is 15.2 Å². The summed E-state index contributed by atoms with van der Waals surface area (Å²) in [5.74, 6) is 0.782. The van der Waals surface area contributed by atoms with Gasteiger partial charge < -0.3 is 29.9 Å². The summed E-state index contributed by atoms with van der Waals surface area (Å²) >= 11 is 0. The summed E-state index contributed by atoms with van der Waals surface area (Å²) in [6.07, 6.45) is 2.80. The topological polar surface area (TPSA) is 118 Å². The van der Waals surface area contributed by atoms with Crippen LogP contribution in [-0.4, -0.2) is 88.9 Å². The van der Waals surface area contributed by atoms with Crippen molar-refractivity contribution >= 4 is 11.9 Å². The van der Waals surface area contributed by atoms with Crippen LogP contribution in [0.4, 0.5) is 10.6 Å². The number of likely N-dealkylation sites (tertiary alicyclic amines) is 1. The summed E-state index contributed by atoms with van der Waals surface area (Å²) in [5, 5.41) is 23.2. The molecule has 10 heteroatoms. The van der Waals surface area contributed by atoms with E-state index in [1.165, 1.54) is 4.90 Å². The van der Waals surface area contributed by atoms with Crippen LogP contribution in [0.1, 0.15) is 36.1 Å². The number of nitrogens with one attached hydrogen (secondary N) is 1. The number of rotatable bonds is 7. The fourth-order valence-corrected chi connectivity index (χ4v) is 5.88. The summed E-state index contributed by atoms with van der Waals surface area (Å²) in [6.45, 7) is 3.87. The van der Waals surface area contributed by atoms with Crippen molar-refractivity contribution < 1.29 is 14.6 Å². The monoisotopic (exact) mass is 505 g/mol. The molecule has 37 heavy (non-hydrogen) atoms. The minimum atomic E-state index is -0.956. The van der Waals surface area contributed by atoms with E-state index in [1.807, 2.05) is 30.3 Å². The number of amides is 1. The zero-order valence-corrected chi connectivity index (χ0v) is 21.3. The average molecular weight is 506 g/mol. The first kappa shape index (κ1) is 25.2. The molecule has 0 saturated carbocycles. The number of benzene rings is 1. The molecule has 4 heterocycles. The molecule has 1 aromatic carbocycles. The molecule has 1 aromatic heterocycles. The van der Waals surface area contributed by atoms with Gasteiger partial charge in [0.2, 0.25) is 0 Å². The number of ether oxygens (including phenoxy) is 1. The molecule has 0 aliphatic carbocycles. The van der Waals surface area contributed by atoms with Gasteiger partial charge in [0.05, 0.1) is 30.3 Å². The molecule has 196 valence electrons. The van der Waals surface area contributed by atoms with Crippen LogP contribution >= 0.6 is 0 Å². The van der Waals surface area contributed by atoms with E-state index in [-0.39, 0.29) is 18.5 Å². The van der Waals surface area contributed by atoms with Crippen LogP contribution < -0.4 is 15.0 Å². The maximum atomic E-state index is 12.2. The molecule has 2 saturated heterocycles. The molecule has 3 atom stereocenters. The Bertz CT molecular complexity index is 1140. The zero-order valence-electron chi connectivity index (χ0n) is 21.3. The van der Waals surface area contributed by atoms with Gasteiger partial charge in [0.25, 0.3) is 0 Å². The fourth-order valence-electron chi connectivity index (χ4n) is 5.88. The number of fused-ring (bicyclic) bond motifs is 1. The van der Waals surface area contributed by atoms with Crippen molar-refractivity contribution in [1.82, 2.24) is 25.1 Å². The van der Waals surface area contributed by atoms with Crippen molar-refractivity contribution in [2.45, 2.75) is 56.8 Å². The quantitative estimate of drug-likeness (QED) is 0.584. The van der Waals surface area contributed by atoms with Crippen LogP contribution in [0, 0.1) is 11.3 Å². The van der Waals surface area contributed by atoms with Crippen molar-refractivity contribution in [2.75, 3.05) is 44.7 Å². The highest BCUT2D eigenvalue weighted by atomic mass is 16.5. The highest BCUT2D eigenvalue weighted by Crippen LogP contribution is 2.33. The van der Waals surface area contributed by atoms with E-state index >= 15 is 0 Å². The lowest BCUT2D eigenvalue weighted by atomic mass is 9.92. The number of piperazine rings is 1. The van der Waals surface area contributed by atoms with E-state index in [2.05, 4.69) is 28.2 Å². The second-order valence-corrected chi connectivity index (χ2v) is 10.1. The van der Waals surface area contributed by atoms with E-state index in [0.29, 0.717) is 44.7 Å². The molecule has 0 bridgehead atoms. The smallest absolute Gasteiger partial charge is 0.407 e. The summed E-state index contributed by atoms with van der Waals surface area (Å²) in [7, 11) is 2.12. The number of aromatic nitrogens is 2. The summed E-state index contributed by atoms with van der Waals surface area (Å²) in [5.41, 5.74) is 3.03. The number of nitrogens with zero attached hydrogens (tertiary/aromatic N) is 6. The van der Waals surface area contributed by atoms with Crippen LogP contribution in [0.2, 0.25) is 0 Å². The van der Waals surface area contributed by atoms with Crippen molar-refractivity contribution in [1.29, 1.82) is 5.26 Å². The molecule has 2 fully saturated rings. The zero-order chi connectivity index (χ0) is 25.8. The van der Waals surface area contributed by atoms with Gasteiger partial charge in [-0.25, -0.2) is 4.79 Å². The van der Waals surface area contributed by atoms with Crippen molar-refractivity contribution in [3.8, 4) is 12.1 Å². The minimum absolute atomic E-state index is 0.196. The molecule has 5 rings (SSSR count). The van der Waals surface area contributed by atoms with Crippen molar-refractivity contribution in [3.63, 3.8) is 0 Å². The number of likely N-dealkylation sites (N-methyl/N-ethyl adjacent to an activating group) is 1. The Morgan fingerprint density at radius 1 is 1.22 bits per heavy atom. The highest BCUT2D eigenvalue weighted by Gasteiger charge is 2.41. The Hall–Kier alpha value is -3.42. The number of carbonyl (C=O) groups is 1. The summed E-state index contributed by atoms with van der Waals surface area (Å²) < 4.78 is 6.15. The van der Waals surface area contributed by atoms with E-state index in [4.69, 9.17) is 14.7 Å². The van der Waals surface area contributed by atoms with Gasteiger partial charge in [-0.15, -0.1) is 0 Å². The molecule has 0 spiro atoms. The van der Waals surface area contributed by atoms with Crippen LogP contribution in [0.3, 0.4) is 0 Å². The molecule has 2 N–H and O–H groups in total. The number of nitriles is 1. The van der Waals surface area contributed by atoms with Gasteiger partial charge >= 0.3 is 12.1 Å². The third kappa shape index (κ3) is 5.48. The Balaban J connectivity index is 1.48. The number of hydrogen-bond donors (Lipinski definition) is 2. The van der Waals surface area contributed by atoms with Crippen molar-refractivity contribution in [2.24, 2.45) is 0 Å². The minimum Gasteiger partial charge on any atom is -0.465 e. The molecule has 1 amide bonds. The van der Waals surface area contributed by atoms with Crippen LogP contribution in [-0.2, 0) is 19.4 Å². The molecular formula is C27H35N7O3. The van der Waals surface area contributed by atoms with Gasteiger partial charge in [-0.3, -0.25) is 0 Å². The SMILES string of the molecule is CN1CCCC1COc1nc2c(c(N3CCN(C(=O)O)C(Cc4ccccc4)C3CC#N)n1)CCNC2. The first-order valence-electron chi connectivity index (χ1n) is 13.2. The Morgan fingerprint density at radius 2 is 2.05 bits per heavy atom. The highest BCUT2D eigenvalue weighted by molar-refractivity contribution is 5.67. The Kier molecular flexibility index (Phi) is 7.72. The Morgan fingerprint density at radius 3 is 2.78 bits per heavy atom. The third-order valence-corrected chi connectivity index (χ3v) is 7.90. The summed E-state index contributed by atoms with van der Waals surface area (Å²) in [6, 6.07) is 12.2. The Labute approximate surface area is 217 Å². The normalized spacial score (nSPS) is 23.9. The molecule has 3 aliphatic heterocycles. The third-order valence-electron chi connectivity index (χ3n) is 7.90. The van der Waals surface area contributed by atoms with Gasteiger partial charge in [0.15, 0.2) is 0 Å². The summed E-state index contributed by atoms with van der Waals surface area (Å²) in [4.78, 5) is 27.8. The average Bonchev–Trinajstić information content (AvgIpc) is 3.33. The van der Waals surface area contributed by atoms with Crippen LogP contribution in [0.25, 0.3) is 0 Å². The first-order valence-corrected chi connectivity index (χ1v) is 13.2. The molecule has 0 radical (unpaired) electrons. The second-order valence-electron chi connectivity index (χ2n) is 10.1. The number of hydrogen-bond acceptors (Lipinski definition) is 8. The molecule has 3 unspecified atom stereocenters. The standard InChI is InChI=1S/C27H35N7O3/c1-32-13-5-8-20(32)18-37-26-30-22-17-29-12-10-21(22)25(31-26)33-14-15-34(27(35)36)24(23(33)9-11-28)16-19-6-3-2-4-7-19/h2-4,6-7,20,23-24,29H,5,8-10,12-18H2,1H3,(H,35,36). The fraction of sp³-hybridized carbons (Fsp3) is 0.556.